The fourth-order valence-electron chi connectivity index (χ4n) is 2.47. The first-order valence-corrected chi connectivity index (χ1v) is 8.02. The minimum absolute atomic E-state index is 0.0489. The van der Waals surface area contributed by atoms with Crippen molar-refractivity contribution in [3.05, 3.63) is 52.0 Å². The molecule has 0 unspecified atom stereocenters. The van der Waals surface area contributed by atoms with Gasteiger partial charge in [-0.25, -0.2) is 0 Å². The number of fused-ring (bicyclic) bond motifs is 1. The van der Waals surface area contributed by atoms with Gasteiger partial charge in [-0.1, -0.05) is 23.2 Å². The van der Waals surface area contributed by atoms with Crippen molar-refractivity contribution in [1.29, 1.82) is 0 Å². The summed E-state index contributed by atoms with van der Waals surface area (Å²) >= 11 is 11.8. The molecule has 7 heteroatoms. The van der Waals surface area contributed by atoms with Crippen LogP contribution in [0.25, 0.3) is 0 Å². The van der Waals surface area contributed by atoms with Gasteiger partial charge in [0.15, 0.2) is 0 Å². The Morgan fingerprint density at radius 3 is 2.62 bits per heavy atom. The van der Waals surface area contributed by atoms with Crippen LogP contribution in [0.2, 0.25) is 10.0 Å². The molecule has 1 N–H and O–H groups in total. The predicted octanol–water partition coefficient (Wildman–Crippen LogP) is 3.99. The van der Waals surface area contributed by atoms with E-state index < -0.39 is 0 Å². The molecule has 0 aliphatic carbocycles. The first-order chi connectivity index (χ1) is 11.5. The lowest BCUT2D eigenvalue weighted by molar-refractivity contribution is -0.116. The molecule has 0 aromatic heterocycles. The molecule has 2 aromatic rings. The van der Waals surface area contributed by atoms with Crippen LogP contribution in [0.1, 0.15) is 17.3 Å². The summed E-state index contributed by atoms with van der Waals surface area (Å²) in [5.41, 5.74) is 1.66. The van der Waals surface area contributed by atoms with Crippen LogP contribution >= 0.6 is 23.2 Å². The summed E-state index contributed by atoms with van der Waals surface area (Å²) in [5, 5.41) is 3.48. The third kappa shape index (κ3) is 3.32. The van der Waals surface area contributed by atoms with Crippen LogP contribution in [0.5, 0.6) is 5.75 Å². The molecule has 5 nitrogen and oxygen atoms in total. The third-order valence-electron chi connectivity index (χ3n) is 3.64. The largest absolute Gasteiger partial charge is 0.489 e. The van der Waals surface area contributed by atoms with Gasteiger partial charge in [0.05, 0.1) is 22.3 Å². The fourth-order valence-corrected chi connectivity index (χ4v) is 2.76. The SMILES string of the molecule is CC(=O)N1CCOc2cc(NC(=O)c3ccc(Cl)c(Cl)c3)ccc21. The molecule has 1 aliphatic heterocycles. The lowest BCUT2D eigenvalue weighted by Gasteiger charge is -2.29. The van der Waals surface area contributed by atoms with Gasteiger partial charge in [-0.2, -0.15) is 0 Å². The van der Waals surface area contributed by atoms with Crippen LogP contribution in [-0.4, -0.2) is 25.0 Å². The van der Waals surface area contributed by atoms with Gasteiger partial charge in [-0.3, -0.25) is 9.59 Å². The summed E-state index contributed by atoms with van der Waals surface area (Å²) in [6, 6.07) is 9.83. The molecular weight excluding hydrogens is 351 g/mol. The van der Waals surface area contributed by atoms with E-state index in [0.29, 0.717) is 45.9 Å². The van der Waals surface area contributed by atoms with Crippen LogP contribution < -0.4 is 15.0 Å². The standard InChI is InChI=1S/C17H14Cl2N2O3/c1-10(22)21-6-7-24-16-9-12(3-5-15(16)21)20-17(23)11-2-4-13(18)14(19)8-11/h2-5,8-9H,6-7H2,1H3,(H,20,23). The van der Waals surface area contributed by atoms with E-state index in [4.69, 9.17) is 27.9 Å². The van der Waals surface area contributed by atoms with Crippen LogP contribution in [0.4, 0.5) is 11.4 Å². The molecule has 0 fully saturated rings. The number of nitrogens with one attached hydrogen (secondary N) is 1. The van der Waals surface area contributed by atoms with Crippen LogP contribution in [0, 0.1) is 0 Å². The lowest BCUT2D eigenvalue weighted by Crippen LogP contribution is -2.36. The van der Waals surface area contributed by atoms with E-state index in [0.717, 1.165) is 0 Å². The summed E-state index contributed by atoms with van der Waals surface area (Å²) in [5.74, 6) is 0.197. The Bertz CT molecular complexity index is 823. The maximum Gasteiger partial charge on any atom is 0.255 e. The van der Waals surface area contributed by atoms with E-state index in [1.807, 2.05) is 0 Å². The van der Waals surface area contributed by atoms with Crippen molar-refractivity contribution in [2.45, 2.75) is 6.92 Å². The zero-order chi connectivity index (χ0) is 17.3. The summed E-state index contributed by atoms with van der Waals surface area (Å²) in [6.07, 6.45) is 0. The number of anilines is 2. The van der Waals surface area contributed by atoms with E-state index in [2.05, 4.69) is 5.32 Å². The second-order valence-electron chi connectivity index (χ2n) is 5.28. The van der Waals surface area contributed by atoms with E-state index >= 15 is 0 Å². The second kappa shape index (κ2) is 6.71. The molecule has 2 amide bonds. The number of rotatable bonds is 2. The average Bonchev–Trinajstić information content (AvgIpc) is 2.56. The number of amides is 2. The predicted molar refractivity (Wildman–Crippen MR) is 94.4 cm³/mol. The Morgan fingerprint density at radius 1 is 1.12 bits per heavy atom. The molecule has 3 rings (SSSR count). The Balaban J connectivity index is 1.82. The quantitative estimate of drug-likeness (QED) is 0.876. The number of halogens is 2. The first-order valence-electron chi connectivity index (χ1n) is 7.27. The zero-order valence-corrected chi connectivity index (χ0v) is 14.3. The van der Waals surface area contributed by atoms with Crippen molar-refractivity contribution >= 4 is 46.4 Å². The topological polar surface area (TPSA) is 58.6 Å². The van der Waals surface area contributed by atoms with Crippen molar-refractivity contribution in [2.24, 2.45) is 0 Å². The minimum atomic E-state index is -0.312. The van der Waals surface area contributed by atoms with Crippen LogP contribution in [0.3, 0.4) is 0 Å². The number of carbonyl (C=O) groups excluding carboxylic acids is 2. The molecule has 24 heavy (non-hydrogen) atoms. The Labute approximate surface area is 149 Å². The summed E-state index contributed by atoms with van der Waals surface area (Å²) in [7, 11) is 0. The number of carbonyl (C=O) groups is 2. The number of hydrogen-bond donors (Lipinski definition) is 1. The smallest absolute Gasteiger partial charge is 0.255 e. The van der Waals surface area contributed by atoms with Gasteiger partial charge in [-0.05, 0) is 30.3 Å². The Hall–Kier alpha value is -2.24. The van der Waals surface area contributed by atoms with Gasteiger partial charge in [-0.15, -0.1) is 0 Å². The maximum atomic E-state index is 12.3. The Morgan fingerprint density at radius 2 is 1.92 bits per heavy atom. The first kappa shape index (κ1) is 16.6. The molecule has 0 saturated heterocycles. The van der Waals surface area contributed by atoms with Crippen molar-refractivity contribution in [3.63, 3.8) is 0 Å². The van der Waals surface area contributed by atoms with Crippen molar-refractivity contribution in [3.8, 4) is 5.75 Å². The molecular formula is C17H14Cl2N2O3. The monoisotopic (exact) mass is 364 g/mol. The molecule has 2 aromatic carbocycles. The lowest BCUT2D eigenvalue weighted by atomic mass is 10.2. The number of benzene rings is 2. The fraction of sp³-hybridized carbons (Fsp3) is 0.176. The maximum absolute atomic E-state index is 12.3. The van der Waals surface area contributed by atoms with Crippen molar-refractivity contribution < 1.29 is 14.3 Å². The van der Waals surface area contributed by atoms with Gasteiger partial charge >= 0.3 is 0 Å². The van der Waals surface area contributed by atoms with Gasteiger partial charge < -0.3 is 15.0 Å². The van der Waals surface area contributed by atoms with Crippen LogP contribution in [0.15, 0.2) is 36.4 Å². The molecule has 0 atom stereocenters. The van der Waals surface area contributed by atoms with Crippen LogP contribution in [-0.2, 0) is 4.79 Å². The third-order valence-corrected chi connectivity index (χ3v) is 4.38. The molecule has 1 aliphatic rings. The van der Waals surface area contributed by atoms with E-state index in [1.165, 1.54) is 13.0 Å². The molecule has 0 radical (unpaired) electrons. The molecule has 0 spiro atoms. The Kier molecular flexibility index (Phi) is 4.64. The normalized spacial score (nSPS) is 13.0. The van der Waals surface area contributed by atoms with Crippen molar-refractivity contribution in [1.82, 2.24) is 0 Å². The minimum Gasteiger partial charge on any atom is -0.489 e. The summed E-state index contributed by atoms with van der Waals surface area (Å²) < 4.78 is 5.58. The van der Waals surface area contributed by atoms with Gasteiger partial charge in [0.2, 0.25) is 5.91 Å². The van der Waals surface area contributed by atoms with Crippen molar-refractivity contribution in [2.75, 3.05) is 23.4 Å². The zero-order valence-electron chi connectivity index (χ0n) is 12.8. The second-order valence-corrected chi connectivity index (χ2v) is 6.10. The highest BCUT2D eigenvalue weighted by Crippen LogP contribution is 2.34. The highest BCUT2D eigenvalue weighted by atomic mass is 35.5. The van der Waals surface area contributed by atoms with E-state index in [1.54, 1.807) is 35.2 Å². The number of hydrogen-bond acceptors (Lipinski definition) is 3. The molecule has 1 heterocycles. The van der Waals surface area contributed by atoms with Gasteiger partial charge in [0.25, 0.3) is 5.91 Å². The number of ether oxygens (including phenoxy) is 1. The highest BCUT2D eigenvalue weighted by Gasteiger charge is 2.21. The average molecular weight is 365 g/mol. The van der Waals surface area contributed by atoms with Gasteiger partial charge in [0.1, 0.15) is 12.4 Å². The molecule has 124 valence electrons. The van der Waals surface area contributed by atoms with E-state index in [9.17, 15) is 9.59 Å². The summed E-state index contributed by atoms with van der Waals surface area (Å²) in [4.78, 5) is 25.6. The highest BCUT2D eigenvalue weighted by molar-refractivity contribution is 6.42. The number of nitrogens with zero attached hydrogens (tertiary/aromatic N) is 1. The molecule has 0 bridgehead atoms. The summed E-state index contributed by atoms with van der Waals surface area (Å²) in [6.45, 7) is 2.43. The molecule has 0 saturated carbocycles. The van der Waals surface area contributed by atoms with E-state index in [-0.39, 0.29) is 11.8 Å². The van der Waals surface area contributed by atoms with Gasteiger partial charge in [0, 0.05) is 24.2 Å².